The molecule has 0 unspecified atom stereocenters. The fraction of sp³-hybridized carbons (Fsp3) is 0.667. The quantitative estimate of drug-likeness (QED) is 0.405. The van der Waals surface area contributed by atoms with Crippen LogP contribution in [0.3, 0.4) is 0 Å². The highest BCUT2D eigenvalue weighted by Crippen LogP contribution is 1.85. The first-order valence-electron chi connectivity index (χ1n) is 2.69. The predicted molar refractivity (Wildman–Crippen MR) is 34.5 cm³/mol. The Balaban J connectivity index is 3.67. The molecule has 0 spiro atoms. The van der Waals surface area contributed by atoms with E-state index in [0.717, 1.165) is 0 Å². The second-order valence-electron chi connectivity index (χ2n) is 1.69. The number of nitrogens with two attached hydrogens (primary N) is 1. The molecule has 0 amide bonds. The molecule has 0 radical (unpaired) electrons. The third kappa shape index (κ3) is 3.09. The summed E-state index contributed by atoms with van der Waals surface area (Å²) in [5, 5.41) is 17.2. The zero-order valence-corrected chi connectivity index (χ0v) is 5.33. The van der Waals surface area contributed by atoms with Crippen LogP contribution in [-0.4, -0.2) is 29.0 Å². The molecule has 52 valence electrons. The van der Waals surface area contributed by atoms with Gasteiger partial charge in [0.25, 0.3) is 0 Å². The lowest BCUT2D eigenvalue weighted by Crippen LogP contribution is -2.36. The monoisotopic (exact) mass is 129 g/mol. The van der Waals surface area contributed by atoms with E-state index in [4.69, 9.17) is 15.9 Å². The first-order chi connectivity index (χ1) is 4.22. The Bertz CT molecular complexity index is 125. The summed E-state index contributed by atoms with van der Waals surface area (Å²) in [4.78, 5) is 0. The number of hydrogen-bond acceptors (Lipinski definition) is 3. The van der Waals surface area contributed by atoms with Crippen molar-refractivity contribution in [2.75, 3.05) is 6.61 Å². The van der Waals surface area contributed by atoms with Crippen LogP contribution in [0, 0.1) is 11.8 Å². The molecule has 0 aliphatic rings. The van der Waals surface area contributed by atoms with Gasteiger partial charge in [0.1, 0.15) is 6.10 Å². The number of aliphatic hydroxyl groups excluding tert-OH is 2. The second kappa shape index (κ2) is 4.33. The van der Waals surface area contributed by atoms with Gasteiger partial charge < -0.3 is 15.9 Å². The molecule has 0 saturated heterocycles. The fourth-order valence-corrected chi connectivity index (χ4v) is 0.355. The van der Waals surface area contributed by atoms with E-state index < -0.39 is 12.1 Å². The fourth-order valence-electron chi connectivity index (χ4n) is 0.355. The lowest BCUT2D eigenvalue weighted by molar-refractivity contribution is 0.151. The number of hydrogen-bond donors (Lipinski definition) is 3. The topological polar surface area (TPSA) is 66.5 Å². The summed E-state index contributed by atoms with van der Waals surface area (Å²) in [5.74, 6) is 4.91. The SMILES string of the molecule is CC#C[C@@H](O)[C@@H](N)CO. The molecule has 0 heterocycles. The van der Waals surface area contributed by atoms with Gasteiger partial charge in [-0.1, -0.05) is 5.92 Å². The predicted octanol–water partition coefficient (Wildman–Crippen LogP) is -1.31. The van der Waals surface area contributed by atoms with Gasteiger partial charge in [0.2, 0.25) is 0 Å². The maximum absolute atomic E-state index is 8.86. The van der Waals surface area contributed by atoms with E-state index in [1.165, 1.54) is 0 Å². The molecule has 0 aliphatic carbocycles. The molecular weight excluding hydrogens is 118 g/mol. The third-order valence-corrected chi connectivity index (χ3v) is 0.909. The molecule has 9 heavy (non-hydrogen) atoms. The first-order valence-corrected chi connectivity index (χ1v) is 2.69. The molecule has 0 aromatic heterocycles. The van der Waals surface area contributed by atoms with Crippen LogP contribution in [0.4, 0.5) is 0 Å². The van der Waals surface area contributed by atoms with Gasteiger partial charge in [-0.25, -0.2) is 0 Å². The van der Waals surface area contributed by atoms with E-state index in [1.54, 1.807) is 6.92 Å². The van der Waals surface area contributed by atoms with Gasteiger partial charge >= 0.3 is 0 Å². The van der Waals surface area contributed by atoms with Crippen LogP contribution in [0.5, 0.6) is 0 Å². The Morgan fingerprint density at radius 1 is 1.67 bits per heavy atom. The minimum Gasteiger partial charge on any atom is -0.395 e. The van der Waals surface area contributed by atoms with Gasteiger partial charge in [0.15, 0.2) is 0 Å². The lowest BCUT2D eigenvalue weighted by atomic mass is 10.2. The number of aliphatic hydroxyl groups is 2. The van der Waals surface area contributed by atoms with Gasteiger partial charge in [-0.3, -0.25) is 0 Å². The van der Waals surface area contributed by atoms with Crippen molar-refractivity contribution in [3.8, 4) is 11.8 Å². The molecule has 4 N–H and O–H groups in total. The van der Waals surface area contributed by atoms with Crippen LogP contribution in [0.15, 0.2) is 0 Å². The highest BCUT2D eigenvalue weighted by Gasteiger charge is 2.08. The molecule has 0 saturated carbocycles. The smallest absolute Gasteiger partial charge is 0.131 e. The van der Waals surface area contributed by atoms with Crippen molar-refractivity contribution in [1.29, 1.82) is 0 Å². The lowest BCUT2D eigenvalue weighted by Gasteiger charge is -2.08. The van der Waals surface area contributed by atoms with E-state index in [2.05, 4.69) is 11.8 Å². The van der Waals surface area contributed by atoms with Crippen LogP contribution in [0.25, 0.3) is 0 Å². The summed E-state index contributed by atoms with van der Waals surface area (Å²) < 4.78 is 0. The summed E-state index contributed by atoms with van der Waals surface area (Å²) in [5.41, 5.74) is 5.20. The van der Waals surface area contributed by atoms with Crippen molar-refractivity contribution >= 4 is 0 Å². The molecule has 3 nitrogen and oxygen atoms in total. The van der Waals surface area contributed by atoms with Crippen LogP contribution in [0.2, 0.25) is 0 Å². The van der Waals surface area contributed by atoms with Crippen molar-refractivity contribution in [2.45, 2.75) is 19.1 Å². The van der Waals surface area contributed by atoms with Gasteiger partial charge in [-0.15, -0.1) is 5.92 Å². The molecule has 0 aromatic carbocycles. The molecule has 0 bridgehead atoms. The van der Waals surface area contributed by atoms with E-state index in [9.17, 15) is 0 Å². The Morgan fingerprint density at radius 2 is 2.22 bits per heavy atom. The van der Waals surface area contributed by atoms with Gasteiger partial charge in [-0.05, 0) is 6.92 Å². The van der Waals surface area contributed by atoms with Gasteiger partial charge in [-0.2, -0.15) is 0 Å². The van der Waals surface area contributed by atoms with Gasteiger partial charge in [0.05, 0.1) is 12.6 Å². The zero-order chi connectivity index (χ0) is 7.28. The molecule has 0 aliphatic heterocycles. The van der Waals surface area contributed by atoms with Crippen molar-refractivity contribution < 1.29 is 10.2 Å². The highest BCUT2D eigenvalue weighted by atomic mass is 16.3. The van der Waals surface area contributed by atoms with Crippen molar-refractivity contribution in [3.05, 3.63) is 0 Å². The maximum Gasteiger partial charge on any atom is 0.131 e. The Labute approximate surface area is 54.5 Å². The van der Waals surface area contributed by atoms with E-state index in [0.29, 0.717) is 0 Å². The largest absolute Gasteiger partial charge is 0.395 e. The van der Waals surface area contributed by atoms with Crippen LogP contribution in [-0.2, 0) is 0 Å². The van der Waals surface area contributed by atoms with Crippen molar-refractivity contribution in [1.82, 2.24) is 0 Å². The Hall–Kier alpha value is -0.560. The van der Waals surface area contributed by atoms with Crippen LogP contribution >= 0.6 is 0 Å². The van der Waals surface area contributed by atoms with Crippen molar-refractivity contribution in [3.63, 3.8) is 0 Å². The summed E-state index contributed by atoms with van der Waals surface area (Å²) in [6.07, 6.45) is -0.903. The van der Waals surface area contributed by atoms with Crippen molar-refractivity contribution in [2.24, 2.45) is 5.73 Å². The summed E-state index contributed by atoms with van der Waals surface area (Å²) in [6, 6.07) is -0.641. The van der Waals surface area contributed by atoms with Crippen LogP contribution < -0.4 is 5.73 Å². The molecule has 2 atom stereocenters. The van der Waals surface area contributed by atoms with E-state index in [-0.39, 0.29) is 6.61 Å². The molecule has 0 rings (SSSR count). The molecule has 0 fully saturated rings. The first kappa shape index (κ1) is 8.44. The standard InChI is InChI=1S/C6H11NO2/c1-2-3-6(9)5(7)4-8/h5-6,8-9H,4,7H2,1H3/t5-,6+/m0/s1. The van der Waals surface area contributed by atoms with E-state index in [1.807, 2.05) is 0 Å². The summed E-state index contributed by atoms with van der Waals surface area (Å²) in [7, 11) is 0. The average molecular weight is 129 g/mol. The third-order valence-electron chi connectivity index (χ3n) is 0.909. The molecule has 0 aromatic rings. The number of rotatable bonds is 2. The molecular formula is C6H11NO2. The van der Waals surface area contributed by atoms with Gasteiger partial charge in [0, 0.05) is 0 Å². The zero-order valence-electron chi connectivity index (χ0n) is 5.33. The normalized spacial score (nSPS) is 15.6. The summed E-state index contributed by atoms with van der Waals surface area (Å²) in [6.45, 7) is 1.36. The summed E-state index contributed by atoms with van der Waals surface area (Å²) >= 11 is 0. The maximum atomic E-state index is 8.86. The van der Waals surface area contributed by atoms with E-state index >= 15 is 0 Å². The Morgan fingerprint density at radius 3 is 2.56 bits per heavy atom. The Kier molecular flexibility index (Phi) is 4.06. The molecule has 3 heteroatoms. The minimum atomic E-state index is -0.903. The average Bonchev–Trinajstić information content (AvgIpc) is 1.87. The second-order valence-corrected chi connectivity index (χ2v) is 1.69. The van der Waals surface area contributed by atoms with Crippen LogP contribution in [0.1, 0.15) is 6.92 Å². The minimum absolute atomic E-state index is 0.240. The highest BCUT2D eigenvalue weighted by molar-refractivity contribution is 5.05.